The number of alkyl halides is 6. The topological polar surface area (TPSA) is 117 Å². The van der Waals surface area contributed by atoms with Gasteiger partial charge in [-0.2, -0.15) is 31.4 Å². The predicted octanol–water partition coefficient (Wildman–Crippen LogP) is 6.65. The number of amides is 2. The number of nitrogens with one attached hydrogen (secondary N) is 1. The first kappa shape index (κ1) is 32.8. The zero-order valence-electron chi connectivity index (χ0n) is 22.7. The van der Waals surface area contributed by atoms with E-state index in [1.54, 1.807) is 0 Å². The molecule has 2 aromatic carbocycles. The lowest BCUT2D eigenvalue weighted by Crippen LogP contribution is -2.48. The van der Waals surface area contributed by atoms with E-state index in [0.717, 1.165) is 28.0 Å². The normalized spacial score (nSPS) is 15.4. The second-order valence-corrected chi connectivity index (χ2v) is 12.2. The van der Waals surface area contributed by atoms with Gasteiger partial charge in [0, 0.05) is 10.6 Å². The van der Waals surface area contributed by atoms with E-state index >= 15 is 0 Å². The molecule has 1 fully saturated rings. The number of hydrogen-bond donors (Lipinski definition) is 2. The Bertz CT molecular complexity index is 1820. The van der Waals surface area contributed by atoms with E-state index < -0.39 is 47.3 Å². The van der Waals surface area contributed by atoms with Crippen LogP contribution in [0.5, 0.6) is 0 Å². The average Bonchev–Trinajstić information content (AvgIpc) is 3.73. The smallest absolute Gasteiger partial charge is 0.416 e. The number of carbonyl (C=O) groups is 3. The van der Waals surface area contributed by atoms with Crippen molar-refractivity contribution >= 4 is 69.2 Å². The Morgan fingerprint density at radius 3 is 2.22 bits per heavy atom. The van der Waals surface area contributed by atoms with Crippen LogP contribution in [0.25, 0.3) is 17.2 Å². The van der Waals surface area contributed by atoms with Crippen LogP contribution in [-0.4, -0.2) is 52.9 Å². The summed E-state index contributed by atoms with van der Waals surface area (Å²) in [4.78, 5) is 43.4. The van der Waals surface area contributed by atoms with Crippen LogP contribution < -0.4 is 5.32 Å². The molecule has 0 aliphatic carbocycles. The first-order chi connectivity index (χ1) is 21.6. The summed E-state index contributed by atoms with van der Waals surface area (Å²) >= 11 is 7.25. The van der Waals surface area contributed by atoms with Crippen LogP contribution in [-0.2, 0) is 28.5 Å². The molecule has 5 rings (SSSR count). The third-order valence-electron chi connectivity index (χ3n) is 6.48. The summed E-state index contributed by atoms with van der Waals surface area (Å²) in [7, 11) is 0. The summed E-state index contributed by atoms with van der Waals surface area (Å²) in [5.41, 5.74) is -2.92. The zero-order valence-corrected chi connectivity index (χ0v) is 25.1. The highest BCUT2D eigenvalue weighted by Gasteiger charge is 2.41. The summed E-state index contributed by atoms with van der Waals surface area (Å²) in [6, 6.07) is 6.67. The maximum absolute atomic E-state index is 13.6. The van der Waals surface area contributed by atoms with Crippen molar-refractivity contribution in [3.05, 3.63) is 93.0 Å². The highest BCUT2D eigenvalue weighted by Crippen LogP contribution is 2.41. The molecule has 0 bridgehead atoms. The lowest BCUT2D eigenvalue weighted by atomic mass is 10.0. The minimum atomic E-state index is -5.01. The van der Waals surface area contributed by atoms with Crippen LogP contribution in [0.3, 0.4) is 0 Å². The van der Waals surface area contributed by atoms with Gasteiger partial charge in [0.25, 0.3) is 5.91 Å². The number of hydrogen-bond acceptors (Lipinski definition) is 8. The van der Waals surface area contributed by atoms with E-state index in [-0.39, 0.29) is 44.2 Å². The fourth-order valence-corrected chi connectivity index (χ4v) is 6.56. The number of anilines is 1. The number of thiocarbonyl (C=S) groups is 1. The summed E-state index contributed by atoms with van der Waals surface area (Å²) in [5, 5.41) is 17.1. The standard InChI is InChI=1S/C28H17F6N5O4S3/c29-27(30,31)17-5-15(6-18(8-17)28(32,33)34)16-7-20(45-11-16)9-22-24(41)39(26(44)46-22)21(10-38-13-35-12-36-38)23(40)37-19-3-1-14(2-4-19)25(42)43/h1-9,11-13,21H,10H2,(H,37,40)(H,42,43)/t21-/m0/s1. The van der Waals surface area contributed by atoms with Crippen LogP contribution in [0.15, 0.2) is 71.5 Å². The van der Waals surface area contributed by atoms with E-state index in [1.165, 1.54) is 59.1 Å². The van der Waals surface area contributed by atoms with Crippen LogP contribution >= 0.6 is 35.3 Å². The Hall–Kier alpha value is -4.55. The number of thioether (sulfide) groups is 1. The summed E-state index contributed by atoms with van der Waals surface area (Å²) in [5.74, 6) is -2.52. The van der Waals surface area contributed by atoms with Crippen molar-refractivity contribution < 1.29 is 45.8 Å². The predicted molar refractivity (Wildman–Crippen MR) is 161 cm³/mol. The number of carboxylic acids is 1. The molecule has 0 radical (unpaired) electrons. The highest BCUT2D eigenvalue weighted by molar-refractivity contribution is 8.26. The van der Waals surface area contributed by atoms with Gasteiger partial charge in [-0.1, -0.05) is 24.0 Å². The highest BCUT2D eigenvalue weighted by atomic mass is 32.2. The molecule has 2 N–H and O–H groups in total. The number of aromatic carboxylic acids is 1. The van der Waals surface area contributed by atoms with Gasteiger partial charge >= 0.3 is 18.3 Å². The molecule has 1 saturated heterocycles. The number of halogens is 6. The molecule has 1 atom stereocenters. The number of carboxylic acid groups (broad SMARTS) is 1. The van der Waals surface area contributed by atoms with Crippen LogP contribution in [0.4, 0.5) is 32.0 Å². The lowest BCUT2D eigenvalue weighted by molar-refractivity contribution is -0.143. The van der Waals surface area contributed by atoms with E-state index in [0.29, 0.717) is 17.0 Å². The van der Waals surface area contributed by atoms with Crippen molar-refractivity contribution in [2.45, 2.75) is 24.9 Å². The first-order valence-electron chi connectivity index (χ1n) is 12.7. The lowest BCUT2D eigenvalue weighted by Gasteiger charge is -2.25. The molecule has 238 valence electrons. The van der Waals surface area contributed by atoms with Gasteiger partial charge in [0.2, 0.25) is 5.91 Å². The Balaban J connectivity index is 1.42. The number of carbonyl (C=O) groups excluding carboxylic acids is 2. The van der Waals surface area contributed by atoms with E-state index in [4.69, 9.17) is 17.3 Å². The average molecular weight is 698 g/mol. The summed E-state index contributed by atoms with van der Waals surface area (Å²) in [6.45, 7) is -0.168. The second kappa shape index (κ2) is 12.7. The molecular weight excluding hydrogens is 681 g/mol. The van der Waals surface area contributed by atoms with Gasteiger partial charge in [-0.3, -0.25) is 19.2 Å². The number of aromatic nitrogens is 3. The molecule has 0 spiro atoms. The van der Waals surface area contributed by atoms with Crippen molar-refractivity contribution in [3.8, 4) is 11.1 Å². The maximum Gasteiger partial charge on any atom is 0.416 e. The zero-order chi connectivity index (χ0) is 33.4. The van der Waals surface area contributed by atoms with Gasteiger partial charge < -0.3 is 10.4 Å². The Morgan fingerprint density at radius 2 is 1.65 bits per heavy atom. The number of thiophene rings is 1. The number of nitrogens with zero attached hydrogens (tertiary/aromatic N) is 4. The molecule has 1 aliphatic heterocycles. The third kappa shape index (κ3) is 7.29. The Labute approximate surface area is 268 Å². The van der Waals surface area contributed by atoms with Crippen LogP contribution in [0.2, 0.25) is 0 Å². The molecule has 4 aromatic rings. The van der Waals surface area contributed by atoms with E-state index in [9.17, 15) is 40.7 Å². The molecule has 9 nitrogen and oxygen atoms in total. The van der Waals surface area contributed by atoms with Gasteiger partial charge in [-0.25, -0.2) is 9.78 Å². The van der Waals surface area contributed by atoms with Crippen molar-refractivity contribution in [1.29, 1.82) is 0 Å². The molecular formula is C28H17F6N5O4S3. The van der Waals surface area contributed by atoms with Crippen molar-refractivity contribution in [2.24, 2.45) is 0 Å². The van der Waals surface area contributed by atoms with Gasteiger partial charge in [0.1, 0.15) is 23.0 Å². The largest absolute Gasteiger partial charge is 0.478 e. The minimum absolute atomic E-state index is 0.00205. The Kier molecular flexibility index (Phi) is 9.05. The van der Waals surface area contributed by atoms with Crippen LogP contribution in [0, 0.1) is 0 Å². The van der Waals surface area contributed by atoms with Gasteiger partial charge in [0.15, 0.2) is 0 Å². The third-order valence-corrected chi connectivity index (χ3v) is 8.69. The molecule has 0 unspecified atom stereocenters. The number of benzene rings is 2. The quantitative estimate of drug-likeness (QED) is 0.119. The number of rotatable bonds is 8. The minimum Gasteiger partial charge on any atom is -0.478 e. The van der Waals surface area contributed by atoms with Crippen LogP contribution in [0.1, 0.15) is 26.4 Å². The molecule has 0 saturated carbocycles. The van der Waals surface area contributed by atoms with Crippen molar-refractivity contribution in [1.82, 2.24) is 19.7 Å². The molecule has 18 heteroatoms. The van der Waals surface area contributed by atoms with Gasteiger partial charge in [0.05, 0.1) is 28.1 Å². The van der Waals surface area contributed by atoms with E-state index in [2.05, 4.69) is 15.4 Å². The molecule has 46 heavy (non-hydrogen) atoms. The van der Waals surface area contributed by atoms with E-state index in [1.807, 2.05) is 0 Å². The van der Waals surface area contributed by atoms with Gasteiger partial charge in [-0.05, 0) is 71.1 Å². The Morgan fingerprint density at radius 1 is 1.00 bits per heavy atom. The van der Waals surface area contributed by atoms with Crippen molar-refractivity contribution in [2.75, 3.05) is 5.32 Å². The molecule has 2 amide bonds. The summed E-state index contributed by atoms with van der Waals surface area (Å²) < 4.78 is 81.5. The maximum atomic E-state index is 13.6. The molecule has 2 aromatic heterocycles. The fraction of sp³-hybridized carbons (Fsp3) is 0.143. The first-order valence-corrected chi connectivity index (χ1v) is 14.8. The second-order valence-electron chi connectivity index (χ2n) is 9.59. The molecule has 1 aliphatic rings. The van der Waals surface area contributed by atoms with Crippen molar-refractivity contribution in [3.63, 3.8) is 0 Å². The fourth-order valence-electron chi connectivity index (χ4n) is 4.29. The molecule has 3 heterocycles. The van der Waals surface area contributed by atoms with Gasteiger partial charge in [-0.15, -0.1) is 11.3 Å². The summed E-state index contributed by atoms with van der Waals surface area (Å²) in [6.07, 6.45) is -6.11. The monoisotopic (exact) mass is 697 g/mol. The SMILES string of the molecule is O=C(O)c1ccc(NC(=O)[C@H](Cn2cncn2)N2C(=O)C(=Cc3cc(-c4cc(C(F)(F)F)cc(C(F)(F)F)c4)cs3)SC2=S)cc1.